The van der Waals surface area contributed by atoms with Gasteiger partial charge in [0.05, 0.1) is 6.61 Å². The molecule has 5 nitrogen and oxygen atoms in total. The van der Waals surface area contributed by atoms with Gasteiger partial charge in [-0.15, -0.1) is 0 Å². The maximum atomic E-state index is 13.9. The molecule has 2 fully saturated rings. The first kappa shape index (κ1) is 19.1. The molecular weight excluding hydrogens is 303 g/mol. The van der Waals surface area contributed by atoms with E-state index in [1.807, 2.05) is 13.8 Å². The molecule has 0 bridgehead atoms. The smallest absolute Gasteiger partial charge is 0.190 e. The summed E-state index contributed by atoms with van der Waals surface area (Å²) in [5.74, 6) is -0.743. The molecule has 0 aromatic rings. The topological polar surface area (TPSA) is 46.2 Å². The summed E-state index contributed by atoms with van der Waals surface area (Å²) < 4.78 is 43.1. The van der Waals surface area contributed by atoms with Crippen LogP contribution in [-0.4, -0.2) is 56.4 Å². The zero-order valence-corrected chi connectivity index (χ0v) is 14.8. The van der Waals surface area contributed by atoms with E-state index in [1.165, 1.54) is 0 Å². The molecule has 136 valence electrons. The van der Waals surface area contributed by atoms with Gasteiger partial charge in [0.2, 0.25) is 0 Å². The van der Waals surface area contributed by atoms with E-state index >= 15 is 0 Å². The molecule has 23 heavy (non-hydrogen) atoms. The van der Waals surface area contributed by atoms with Gasteiger partial charge in [-0.25, -0.2) is 4.39 Å². The van der Waals surface area contributed by atoms with E-state index in [1.54, 1.807) is 0 Å². The summed E-state index contributed by atoms with van der Waals surface area (Å²) in [6.45, 7) is 8.44. The summed E-state index contributed by atoms with van der Waals surface area (Å²) in [5, 5.41) is 0. The van der Waals surface area contributed by atoms with Gasteiger partial charge in [0.15, 0.2) is 17.7 Å². The van der Waals surface area contributed by atoms with Crippen molar-refractivity contribution < 1.29 is 28.1 Å². The van der Waals surface area contributed by atoms with Crippen molar-refractivity contribution in [2.45, 2.75) is 83.3 Å². The van der Waals surface area contributed by atoms with Crippen molar-refractivity contribution in [3.63, 3.8) is 0 Å². The minimum atomic E-state index is -1.15. The van der Waals surface area contributed by atoms with Crippen LogP contribution in [0.1, 0.15) is 53.4 Å². The van der Waals surface area contributed by atoms with Crippen molar-refractivity contribution in [3.05, 3.63) is 0 Å². The number of halogens is 1. The van der Waals surface area contributed by atoms with Gasteiger partial charge in [0, 0.05) is 13.2 Å². The molecule has 0 radical (unpaired) electrons. The average molecular weight is 334 g/mol. The number of rotatable bonds is 10. The molecule has 0 amide bonds. The van der Waals surface area contributed by atoms with Crippen molar-refractivity contribution in [1.82, 2.24) is 0 Å². The normalized spacial score (nSPS) is 35.6. The Morgan fingerprint density at radius 3 is 2.35 bits per heavy atom. The predicted octanol–water partition coefficient (Wildman–Crippen LogP) is 3.20. The molecule has 0 aromatic carbocycles. The van der Waals surface area contributed by atoms with Crippen LogP contribution in [0, 0.1) is 0 Å². The van der Waals surface area contributed by atoms with E-state index < -0.39 is 36.6 Å². The molecule has 0 spiro atoms. The molecule has 2 unspecified atom stereocenters. The molecule has 2 heterocycles. The summed E-state index contributed by atoms with van der Waals surface area (Å²) in [6.07, 6.45) is 2.35. The standard InChI is InChI=1S/C17H31FO5/c1-5-7-9-19-12-17(11-18)14(20-10-8-6-2)13-15(23-17)22-16(3,4)21-13/h13-15H,5-12H2,1-4H3/t13?,14?,15-,17-/m1/s1. The van der Waals surface area contributed by atoms with Gasteiger partial charge in [0.25, 0.3) is 0 Å². The molecule has 0 aromatic heterocycles. The molecule has 2 aliphatic rings. The second-order valence-electron chi connectivity index (χ2n) is 6.84. The Morgan fingerprint density at radius 1 is 1.00 bits per heavy atom. The zero-order chi connectivity index (χ0) is 16.9. The van der Waals surface area contributed by atoms with E-state index in [9.17, 15) is 4.39 Å². The number of hydrogen-bond acceptors (Lipinski definition) is 5. The highest BCUT2D eigenvalue weighted by molar-refractivity contribution is 5.04. The summed E-state index contributed by atoms with van der Waals surface area (Å²) in [6, 6.07) is 0. The highest BCUT2D eigenvalue weighted by atomic mass is 19.1. The van der Waals surface area contributed by atoms with Crippen LogP contribution >= 0.6 is 0 Å². The third-order valence-corrected chi connectivity index (χ3v) is 4.27. The molecular formula is C17H31FO5. The van der Waals surface area contributed by atoms with E-state index in [0.717, 1.165) is 25.7 Å². The number of alkyl halides is 1. The lowest BCUT2D eigenvalue weighted by Gasteiger charge is -2.34. The van der Waals surface area contributed by atoms with Crippen molar-refractivity contribution in [2.24, 2.45) is 0 Å². The number of unbranched alkanes of at least 4 members (excludes halogenated alkanes) is 2. The highest BCUT2D eigenvalue weighted by Gasteiger charge is 2.62. The van der Waals surface area contributed by atoms with Gasteiger partial charge in [0.1, 0.15) is 18.9 Å². The van der Waals surface area contributed by atoms with E-state index in [2.05, 4.69) is 13.8 Å². The van der Waals surface area contributed by atoms with E-state index in [4.69, 9.17) is 23.7 Å². The average Bonchev–Trinajstić information content (AvgIpc) is 2.94. The fourth-order valence-electron chi connectivity index (χ4n) is 3.01. The zero-order valence-electron chi connectivity index (χ0n) is 14.8. The van der Waals surface area contributed by atoms with Crippen LogP contribution in [-0.2, 0) is 23.7 Å². The minimum absolute atomic E-state index is 0.153. The molecule has 2 aliphatic heterocycles. The van der Waals surface area contributed by atoms with Crippen LogP contribution < -0.4 is 0 Å². The lowest BCUT2D eigenvalue weighted by Crippen LogP contribution is -2.52. The van der Waals surface area contributed by atoms with Gasteiger partial charge in [-0.3, -0.25) is 0 Å². The monoisotopic (exact) mass is 334 g/mol. The summed E-state index contributed by atoms with van der Waals surface area (Å²) in [5.41, 5.74) is -1.15. The van der Waals surface area contributed by atoms with Gasteiger partial charge in [-0.2, -0.15) is 0 Å². The van der Waals surface area contributed by atoms with Crippen LogP contribution in [0.4, 0.5) is 4.39 Å². The Bertz CT molecular complexity index is 365. The first-order chi connectivity index (χ1) is 11.0. The SMILES string of the molecule is CCCCOC[C@@]1(CF)O[C@H]2OC(C)(C)OC2C1OCCCC. The third-order valence-electron chi connectivity index (χ3n) is 4.27. The first-order valence-electron chi connectivity index (χ1n) is 8.77. The van der Waals surface area contributed by atoms with Crippen LogP contribution in [0.2, 0.25) is 0 Å². The van der Waals surface area contributed by atoms with E-state index in [-0.39, 0.29) is 6.61 Å². The Labute approximate surface area is 138 Å². The van der Waals surface area contributed by atoms with Gasteiger partial charge < -0.3 is 23.7 Å². The minimum Gasteiger partial charge on any atom is -0.378 e. The molecule has 2 rings (SSSR count). The molecule has 2 saturated heterocycles. The van der Waals surface area contributed by atoms with Crippen molar-refractivity contribution in [1.29, 1.82) is 0 Å². The van der Waals surface area contributed by atoms with E-state index in [0.29, 0.717) is 13.2 Å². The molecule has 0 aliphatic carbocycles. The molecule has 0 N–H and O–H groups in total. The second-order valence-corrected chi connectivity index (χ2v) is 6.84. The predicted molar refractivity (Wildman–Crippen MR) is 84.0 cm³/mol. The van der Waals surface area contributed by atoms with Crippen LogP contribution in [0.3, 0.4) is 0 Å². The largest absolute Gasteiger partial charge is 0.378 e. The molecule has 6 heteroatoms. The molecule has 4 atom stereocenters. The van der Waals surface area contributed by atoms with Crippen molar-refractivity contribution in [2.75, 3.05) is 26.5 Å². The van der Waals surface area contributed by atoms with Crippen LogP contribution in [0.25, 0.3) is 0 Å². The van der Waals surface area contributed by atoms with Crippen LogP contribution in [0.5, 0.6) is 0 Å². The fraction of sp³-hybridized carbons (Fsp3) is 1.00. The lowest BCUT2D eigenvalue weighted by atomic mass is 9.97. The fourth-order valence-corrected chi connectivity index (χ4v) is 3.01. The third kappa shape index (κ3) is 4.42. The van der Waals surface area contributed by atoms with Crippen molar-refractivity contribution in [3.8, 4) is 0 Å². The maximum absolute atomic E-state index is 13.9. The quantitative estimate of drug-likeness (QED) is 0.574. The summed E-state index contributed by atoms with van der Waals surface area (Å²) in [7, 11) is 0. The van der Waals surface area contributed by atoms with Crippen LogP contribution in [0.15, 0.2) is 0 Å². The Kier molecular flexibility index (Phi) is 6.80. The maximum Gasteiger partial charge on any atom is 0.190 e. The Balaban J connectivity index is 2.05. The Morgan fingerprint density at radius 2 is 1.70 bits per heavy atom. The second kappa shape index (κ2) is 8.21. The number of fused-ring (bicyclic) bond motifs is 1. The van der Waals surface area contributed by atoms with Gasteiger partial charge in [-0.1, -0.05) is 26.7 Å². The highest BCUT2D eigenvalue weighted by Crippen LogP contribution is 2.44. The number of hydrogen-bond donors (Lipinski definition) is 0. The summed E-state index contributed by atoms with van der Waals surface area (Å²) in [4.78, 5) is 0. The summed E-state index contributed by atoms with van der Waals surface area (Å²) >= 11 is 0. The van der Waals surface area contributed by atoms with Gasteiger partial charge >= 0.3 is 0 Å². The first-order valence-corrected chi connectivity index (χ1v) is 8.77. The lowest BCUT2D eigenvalue weighted by molar-refractivity contribution is -0.256. The number of ether oxygens (including phenoxy) is 5. The Hall–Kier alpha value is -0.270. The van der Waals surface area contributed by atoms with Crippen molar-refractivity contribution >= 4 is 0 Å². The van der Waals surface area contributed by atoms with Gasteiger partial charge in [-0.05, 0) is 26.7 Å². The molecule has 0 saturated carbocycles.